The van der Waals surface area contributed by atoms with E-state index in [-0.39, 0.29) is 16.3 Å². The highest BCUT2D eigenvalue weighted by Crippen LogP contribution is 2.36. The van der Waals surface area contributed by atoms with E-state index in [4.69, 9.17) is 11.6 Å². The molecular formula is C19H20ClF3N2O. The highest BCUT2D eigenvalue weighted by molar-refractivity contribution is 6.30. The summed E-state index contributed by atoms with van der Waals surface area (Å²) in [5, 5.41) is 2.27. The third kappa shape index (κ3) is 5.22. The molecule has 3 nitrogen and oxygen atoms in total. The number of amides is 1. The van der Waals surface area contributed by atoms with E-state index in [9.17, 15) is 18.0 Å². The molecular weight excluding hydrogens is 365 g/mol. The second-order valence-corrected chi connectivity index (χ2v) is 6.24. The van der Waals surface area contributed by atoms with Gasteiger partial charge >= 0.3 is 6.18 Å². The molecule has 0 aromatic heterocycles. The number of carbonyl (C=O) groups is 1. The van der Waals surface area contributed by atoms with Crippen molar-refractivity contribution in [2.24, 2.45) is 0 Å². The molecule has 1 amide bonds. The molecule has 0 heterocycles. The zero-order valence-electron chi connectivity index (χ0n) is 14.5. The SMILES string of the molecule is CCN(CC)Cc1ccc(C(=O)Nc2ccc(Cl)cc2C(F)(F)F)cc1. The summed E-state index contributed by atoms with van der Waals surface area (Å²) in [6.07, 6.45) is -4.61. The lowest BCUT2D eigenvalue weighted by atomic mass is 10.1. The van der Waals surface area contributed by atoms with Crippen LogP contribution >= 0.6 is 11.6 Å². The van der Waals surface area contributed by atoms with Crippen molar-refractivity contribution in [3.63, 3.8) is 0 Å². The number of hydrogen-bond donors (Lipinski definition) is 1. The number of rotatable bonds is 6. The van der Waals surface area contributed by atoms with E-state index in [0.717, 1.165) is 37.3 Å². The first-order valence-electron chi connectivity index (χ1n) is 8.24. The number of alkyl halides is 3. The Hall–Kier alpha value is -2.05. The molecule has 7 heteroatoms. The molecule has 1 N–H and O–H groups in total. The fourth-order valence-electron chi connectivity index (χ4n) is 2.52. The van der Waals surface area contributed by atoms with Crippen LogP contribution in [0.3, 0.4) is 0 Å². The van der Waals surface area contributed by atoms with E-state index in [2.05, 4.69) is 24.1 Å². The molecule has 0 aliphatic rings. The topological polar surface area (TPSA) is 32.3 Å². The van der Waals surface area contributed by atoms with Crippen LogP contribution in [0.5, 0.6) is 0 Å². The van der Waals surface area contributed by atoms with E-state index < -0.39 is 17.6 Å². The van der Waals surface area contributed by atoms with Gasteiger partial charge in [0.1, 0.15) is 0 Å². The summed E-state index contributed by atoms with van der Waals surface area (Å²) in [6, 6.07) is 10.1. The van der Waals surface area contributed by atoms with Gasteiger partial charge in [-0.25, -0.2) is 0 Å². The smallest absolute Gasteiger partial charge is 0.321 e. The van der Waals surface area contributed by atoms with E-state index in [1.165, 1.54) is 6.07 Å². The number of nitrogens with zero attached hydrogens (tertiary/aromatic N) is 1. The van der Waals surface area contributed by atoms with Crippen LogP contribution in [-0.4, -0.2) is 23.9 Å². The lowest BCUT2D eigenvalue weighted by molar-refractivity contribution is -0.136. The Morgan fingerprint density at radius 2 is 1.69 bits per heavy atom. The van der Waals surface area contributed by atoms with Gasteiger partial charge in [-0.3, -0.25) is 9.69 Å². The predicted octanol–water partition coefficient (Wildman–Crippen LogP) is 5.45. The van der Waals surface area contributed by atoms with Crippen LogP contribution in [0.25, 0.3) is 0 Å². The second-order valence-electron chi connectivity index (χ2n) is 5.80. The van der Waals surface area contributed by atoms with E-state index >= 15 is 0 Å². The summed E-state index contributed by atoms with van der Waals surface area (Å²) in [5.74, 6) is -0.604. The van der Waals surface area contributed by atoms with Gasteiger partial charge in [0.15, 0.2) is 0 Å². The number of benzene rings is 2. The molecule has 140 valence electrons. The first-order chi connectivity index (χ1) is 12.2. The maximum atomic E-state index is 13.1. The maximum Gasteiger partial charge on any atom is 0.418 e. The summed E-state index contributed by atoms with van der Waals surface area (Å²) >= 11 is 5.64. The first kappa shape index (κ1) is 20.3. The van der Waals surface area contributed by atoms with Gasteiger partial charge < -0.3 is 5.32 Å². The van der Waals surface area contributed by atoms with Gasteiger partial charge in [-0.15, -0.1) is 0 Å². The van der Waals surface area contributed by atoms with Gasteiger partial charge in [0, 0.05) is 17.1 Å². The monoisotopic (exact) mass is 384 g/mol. The number of carbonyl (C=O) groups excluding carboxylic acids is 1. The third-order valence-electron chi connectivity index (χ3n) is 4.05. The Balaban J connectivity index is 2.16. The van der Waals surface area contributed by atoms with Crippen LogP contribution in [0.1, 0.15) is 35.3 Å². The molecule has 2 aromatic rings. The van der Waals surface area contributed by atoms with E-state index in [1.54, 1.807) is 24.3 Å². The van der Waals surface area contributed by atoms with Crippen molar-refractivity contribution in [2.45, 2.75) is 26.6 Å². The summed E-state index contributed by atoms with van der Waals surface area (Å²) in [5.41, 5.74) is 0.0275. The van der Waals surface area contributed by atoms with Crippen molar-refractivity contribution < 1.29 is 18.0 Å². The Morgan fingerprint density at radius 3 is 2.23 bits per heavy atom. The van der Waals surface area contributed by atoms with Crippen LogP contribution in [-0.2, 0) is 12.7 Å². The number of anilines is 1. The van der Waals surface area contributed by atoms with Crippen molar-refractivity contribution in [3.8, 4) is 0 Å². The van der Waals surface area contributed by atoms with E-state index in [1.807, 2.05) is 0 Å². The summed E-state index contributed by atoms with van der Waals surface area (Å²) in [7, 11) is 0. The first-order valence-corrected chi connectivity index (χ1v) is 8.61. The highest BCUT2D eigenvalue weighted by atomic mass is 35.5. The van der Waals surface area contributed by atoms with Gasteiger partial charge in [0.25, 0.3) is 5.91 Å². The molecule has 0 radical (unpaired) electrons. The minimum atomic E-state index is -4.61. The molecule has 0 fully saturated rings. The average Bonchev–Trinajstić information content (AvgIpc) is 2.60. The van der Waals surface area contributed by atoms with Crippen molar-refractivity contribution in [1.82, 2.24) is 4.90 Å². The molecule has 0 spiro atoms. The number of hydrogen-bond acceptors (Lipinski definition) is 2. The summed E-state index contributed by atoms with van der Waals surface area (Å²) < 4.78 is 39.3. The number of nitrogens with one attached hydrogen (secondary N) is 1. The van der Waals surface area contributed by atoms with Gasteiger partial charge in [0.05, 0.1) is 11.3 Å². The second kappa shape index (κ2) is 8.56. The molecule has 2 aromatic carbocycles. The zero-order chi connectivity index (χ0) is 19.3. The third-order valence-corrected chi connectivity index (χ3v) is 4.29. The minimum absolute atomic E-state index is 0.0453. The fraction of sp³-hybridized carbons (Fsp3) is 0.316. The quantitative estimate of drug-likeness (QED) is 0.718. The molecule has 0 atom stereocenters. The Kier molecular flexibility index (Phi) is 6.67. The van der Waals surface area contributed by atoms with Crippen LogP contribution in [0.4, 0.5) is 18.9 Å². The lowest BCUT2D eigenvalue weighted by Crippen LogP contribution is -2.22. The lowest BCUT2D eigenvalue weighted by Gasteiger charge is -2.18. The van der Waals surface area contributed by atoms with Crippen LogP contribution in [0.2, 0.25) is 5.02 Å². The highest BCUT2D eigenvalue weighted by Gasteiger charge is 2.34. The minimum Gasteiger partial charge on any atom is -0.321 e. The van der Waals surface area contributed by atoms with Gasteiger partial charge in [-0.2, -0.15) is 13.2 Å². The average molecular weight is 385 g/mol. The molecule has 0 saturated carbocycles. The molecule has 0 saturated heterocycles. The molecule has 0 unspecified atom stereocenters. The molecule has 0 aliphatic carbocycles. The number of halogens is 4. The van der Waals surface area contributed by atoms with Gasteiger partial charge in [-0.05, 0) is 49.0 Å². The van der Waals surface area contributed by atoms with Gasteiger partial charge in [0.2, 0.25) is 0 Å². The van der Waals surface area contributed by atoms with Crippen molar-refractivity contribution in [3.05, 3.63) is 64.2 Å². The zero-order valence-corrected chi connectivity index (χ0v) is 15.3. The van der Waals surface area contributed by atoms with Gasteiger partial charge in [-0.1, -0.05) is 37.6 Å². The fourth-order valence-corrected chi connectivity index (χ4v) is 2.69. The molecule has 0 bridgehead atoms. The molecule has 2 rings (SSSR count). The normalized spacial score (nSPS) is 11.7. The van der Waals surface area contributed by atoms with Crippen LogP contribution < -0.4 is 5.32 Å². The molecule has 0 aliphatic heterocycles. The van der Waals surface area contributed by atoms with Crippen molar-refractivity contribution in [1.29, 1.82) is 0 Å². The van der Waals surface area contributed by atoms with Crippen molar-refractivity contribution >= 4 is 23.2 Å². The Morgan fingerprint density at radius 1 is 1.08 bits per heavy atom. The standard InChI is InChI=1S/C19H20ClF3N2O/c1-3-25(4-2)12-13-5-7-14(8-6-13)18(26)24-17-10-9-15(20)11-16(17)19(21,22)23/h5-11H,3-4,12H2,1-2H3,(H,24,26). The summed E-state index contributed by atoms with van der Waals surface area (Å²) in [4.78, 5) is 14.5. The van der Waals surface area contributed by atoms with Crippen LogP contribution in [0.15, 0.2) is 42.5 Å². The van der Waals surface area contributed by atoms with Crippen LogP contribution in [0, 0.1) is 0 Å². The summed E-state index contributed by atoms with van der Waals surface area (Å²) in [6.45, 7) is 6.71. The Labute approximate surface area is 155 Å². The predicted molar refractivity (Wildman–Crippen MR) is 97.5 cm³/mol. The largest absolute Gasteiger partial charge is 0.418 e. The Bertz CT molecular complexity index is 756. The van der Waals surface area contributed by atoms with Crippen molar-refractivity contribution in [2.75, 3.05) is 18.4 Å². The maximum absolute atomic E-state index is 13.1. The van der Waals surface area contributed by atoms with E-state index in [0.29, 0.717) is 0 Å². The molecule has 26 heavy (non-hydrogen) atoms.